The first-order chi connectivity index (χ1) is 12.2. The Bertz CT molecular complexity index is 749. The summed E-state index contributed by atoms with van der Waals surface area (Å²) in [6, 6.07) is 10.8. The summed E-state index contributed by atoms with van der Waals surface area (Å²) >= 11 is 0. The second-order valence-electron chi connectivity index (χ2n) is 6.59. The van der Waals surface area contributed by atoms with Crippen molar-refractivity contribution in [2.45, 2.75) is 18.9 Å². The van der Waals surface area contributed by atoms with Gasteiger partial charge in [-0.1, -0.05) is 12.1 Å². The van der Waals surface area contributed by atoms with E-state index in [1.807, 2.05) is 12.1 Å². The van der Waals surface area contributed by atoms with Gasteiger partial charge in [-0.3, -0.25) is 4.79 Å². The molecule has 3 saturated heterocycles. The third-order valence-corrected chi connectivity index (χ3v) is 5.06. The standard InChI is InChI=1S/C19H22N2O4/c1-23-15-4-2-3-5-16(15)24-18-7-6-17(25-18)19(22)20-14-12-21-10-8-13(14)9-11-21/h2-7,13-14H,8-12H2,1H3,(H,20,22). The van der Waals surface area contributed by atoms with Gasteiger partial charge in [0.15, 0.2) is 17.3 Å². The lowest BCUT2D eigenvalue weighted by molar-refractivity contribution is 0.0603. The van der Waals surface area contributed by atoms with E-state index in [9.17, 15) is 4.79 Å². The van der Waals surface area contributed by atoms with Gasteiger partial charge in [-0.25, -0.2) is 0 Å². The van der Waals surface area contributed by atoms with Gasteiger partial charge in [0.1, 0.15) is 0 Å². The van der Waals surface area contributed by atoms with Crippen molar-refractivity contribution < 1.29 is 18.7 Å². The van der Waals surface area contributed by atoms with Gasteiger partial charge < -0.3 is 24.1 Å². The molecule has 3 fully saturated rings. The Morgan fingerprint density at radius 2 is 1.92 bits per heavy atom. The smallest absolute Gasteiger partial charge is 0.290 e. The van der Waals surface area contributed by atoms with Crippen molar-refractivity contribution in [1.82, 2.24) is 10.2 Å². The molecule has 1 unspecified atom stereocenters. The Labute approximate surface area is 146 Å². The maximum atomic E-state index is 12.5. The van der Waals surface area contributed by atoms with E-state index in [2.05, 4.69) is 10.2 Å². The van der Waals surface area contributed by atoms with Crippen LogP contribution in [0.4, 0.5) is 0 Å². The third-order valence-electron chi connectivity index (χ3n) is 5.06. The van der Waals surface area contributed by atoms with Crippen LogP contribution in [0.2, 0.25) is 0 Å². The van der Waals surface area contributed by atoms with Crippen LogP contribution in [0.5, 0.6) is 17.4 Å². The van der Waals surface area contributed by atoms with Gasteiger partial charge in [0.05, 0.1) is 7.11 Å². The molecule has 1 aromatic carbocycles. The monoisotopic (exact) mass is 342 g/mol. The van der Waals surface area contributed by atoms with Crippen LogP contribution in [-0.2, 0) is 0 Å². The molecule has 0 aliphatic carbocycles. The summed E-state index contributed by atoms with van der Waals surface area (Å²) in [5.41, 5.74) is 0. The average molecular weight is 342 g/mol. The highest BCUT2D eigenvalue weighted by Gasteiger charge is 2.35. The van der Waals surface area contributed by atoms with Crippen LogP contribution in [0, 0.1) is 5.92 Å². The maximum absolute atomic E-state index is 12.5. The van der Waals surface area contributed by atoms with E-state index >= 15 is 0 Å². The second kappa shape index (κ2) is 6.80. The molecule has 2 aromatic rings. The fraction of sp³-hybridized carbons (Fsp3) is 0.421. The number of nitrogens with one attached hydrogen (secondary N) is 1. The number of piperidine rings is 3. The quantitative estimate of drug-likeness (QED) is 0.905. The molecule has 0 radical (unpaired) electrons. The second-order valence-corrected chi connectivity index (χ2v) is 6.59. The number of benzene rings is 1. The number of hydrogen-bond acceptors (Lipinski definition) is 5. The molecule has 5 rings (SSSR count). The zero-order valence-corrected chi connectivity index (χ0v) is 14.2. The van der Waals surface area contributed by atoms with Gasteiger partial charge >= 0.3 is 0 Å². The number of rotatable bonds is 5. The fourth-order valence-electron chi connectivity index (χ4n) is 3.68. The Balaban J connectivity index is 1.41. The van der Waals surface area contributed by atoms with Gasteiger partial charge in [0.2, 0.25) is 0 Å². The molecule has 0 saturated carbocycles. The van der Waals surface area contributed by atoms with Crippen LogP contribution in [0.3, 0.4) is 0 Å². The van der Waals surface area contributed by atoms with E-state index in [0.717, 1.165) is 32.5 Å². The van der Waals surface area contributed by atoms with Crippen molar-refractivity contribution in [1.29, 1.82) is 0 Å². The molecular formula is C19H22N2O4. The minimum absolute atomic E-state index is 0.186. The van der Waals surface area contributed by atoms with Crippen LogP contribution in [0.1, 0.15) is 23.4 Å². The van der Waals surface area contributed by atoms with Gasteiger partial charge in [0, 0.05) is 18.7 Å². The summed E-state index contributed by atoms with van der Waals surface area (Å²) in [6.45, 7) is 3.23. The van der Waals surface area contributed by atoms with E-state index in [1.165, 1.54) is 0 Å². The van der Waals surface area contributed by atoms with Crippen LogP contribution in [-0.4, -0.2) is 43.6 Å². The third kappa shape index (κ3) is 3.35. The van der Waals surface area contributed by atoms with Gasteiger partial charge in [-0.2, -0.15) is 0 Å². The Hall–Kier alpha value is -2.47. The normalized spacial score (nSPS) is 24.8. The number of hydrogen-bond donors (Lipinski definition) is 1. The number of ether oxygens (including phenoxy) is 2. The number of para-hydroxylation sites is 2. The highest BCUT2D eigenvalue weighted by molar-refractivity contribution is 5.91. The predicted molar refractivity (Wildman–Crippen MR) is 92.2 cm³/mol. The topological polar surface area (TPSA) is 63.9 Å². The van der Waals surface area contributed by atoms with Crippen molar-refractivity contribution in [2.75, 3.05) is 26.7 Å². The average Bonchev–Trinajstić information content (AvgIpc) is 3.12. The summed E-state index contributed by atoms with van der Waals surface area (Å²) < 4.78 is 16.5. The van der Waals surface area contributed by atoms with E-state index < -0.39 is 0 Å². The van der Waals surface area contributed by atoms with Crippen molar-refractivity contribution in [3.8, 4) is 17.4 Å². The van der Waals surface area contributed by atoms with Gasteiger partial charge in [-0.05, 0) is 50.0 Å². The minimum atomic E-state index is -0.186. The summed E-state index contributed by atoms with van der Waals surface area (Å²) in [7, 11) is 1.58. The van der Waals surface area contributed by atoms with E-state index in [-0.39, 0.29) is 23.7 Å². The molecule has 6 nitrogen and oxygen atoms in total. The Morgan fingerprint density at radius 3 is 2.60 bits per heavy atom. The number of carbonyl (C=O) groups excluding carboxylic acids is 1. The SMILES string of the molecule is COc1ccccc1Oc1ccc(C(=O)NC2CN3CCC2CC3)o1. The highest BCUT2D eigenvalue weighted by atomic mass is 16.6. The predicted octanol–water partition coefficient (Wildman–Crippen LogP) is 2.90. The molecule has 25 heavy (non-hydrogen) atoms. The van der Waals surface area contributed by atoms with Crippen LogP contribution in [0.25, 0.3) is 0 Å². The Kier molecular flexibility index (Phi) is 4.36. The molecule has 3 aliphatic heterocycles. The summed E-state index contributed by atoms with van der Waals surface area (Å²) in [6.07, 6.45) is 2.32. The maximum Gasteiger partial charge on any atom is 0.290 e. The van der Waals surface area contributed by atoms with Crippen LogP contribution in [0.15, 0.2) is 40.8 Å². The zero-order valence-electron chi connectivity index (χ0n) is 14.2. The molecular weight excluding hydrogens is 320 g/mol. The summed E-state index contributed by atoms with van der Waals surface area (Å²) in [4.78, 5) is 14.9. The summed E-state index contributed by atoms with van der Waals surface area (Å²) in [5, 5.41) is 3.11. The molecule has 3 aliphatic rings. The Morgan fingerprint density at radius 1 is 1.16 bits per heavy atom. The summed E-state index contributed by atoms with van der Waals surface area (Å²) in [5.74, 6) is 2.08. The van der Waals surface area contributed by atoms with Crippen molar-refractivity contribution in [3.63, 3.8) is 0 Å². The molecule has 1 atom stereocenters. The van der Waals surface area contributed by atoms with Gasteiger partial charge in [-0.15, -0.1) is 0 Å². The lowest BCUT2D eigenvalue weighted by Gasteiger charge is -2.44. The molecule has 2 bridgehead atoms. The molecule has 4 heterocycles. The zero-order chi connectivity index (χ0) is 17.2. The lowest BCUT2D eigenvalue weighted by atomic mass is 9.84. The molecule has 0 spiro atoms. The number of nitrogens with zero attached hydrogens (tertiary/aromatic N) is 1. The molecule has 1 amide bonds. The minimum Gasteiger partial charge on any atom is -0.493 e. The van der Waals surface area contributed by atoms with Crippen molar-refractivity contribution in [2.24, 2.45) is 5.92 Å². The molecule has 1 aromatic heterocycles. The lowest BCUT2D eigenvalue weighted by Crippen LogP contribution is -2.57. The first-order valence-electron chi connectivity index (χ1n) is 8.67. The molecule has 6 heteroatoms. The molecule has 132 valence electrons. The largest absolute Gasteiger partial charge is 0.493 e. The number of amides is 1. The number of carbonyl (C=O) groups is 1. The number of methoxy groups -OCH3 is 1. The fourth-order valence-corrected chi connectivity index (χ4v) is 3.68. The van der Waals surface area contributed by atoms with Crippen molar-refractivity contribution in [3.05, 3.63) is 42.2 Å². The van der Waals surface area contributed by atoms with E-state index in [1.54, 1.807) is 31.4 Å². The van der Waals surface area contributed by atoms with E-state index in [0.29, 0.717) is 17.4 Å². The number of fused-ring (bicyclic) bond motifs is 3. The number of furan rings is 1. The first-order valence-corrected chi connectivity index (χ1v) is 8.67. The van der Waals surface area contributed by atoms with Crippen molar-refractivity contribution >= 4 is 5.91 Å². The molecule has 1 N–H and O–H groups in total. The van der Waals surface area contributed by atoms with E-state index in [4.69, 9.17) is 13.9 Å². The van der Waals surface area contributed by atoms with Crippen LogP contribution >= 0.6 is 0 Å². The van der Waals surface area contributed by atoms with Gasteiger partial charge in [0.25, 0.3) is 11.9 Å². The highest BCUT2D eigenvalue weighted by Crippen LogP contribution is 2.32. The first kappa shape index (κ1) is 16.0. The van der Waals surface area contributed by atoms with Crippen LogP contribution < -0.4 is 14.8 Å².